The van der Waals surface area contributed by atoms with E-state index in [4.69, 9.17) is 0 Å². The summed E-state index contributed by atoms with van der Waals surface area (Å²) in [6.45, 7) is 0. The average molecular weight is 314 g/mol. The molecule has 2 aromatic heterocycles. The quantitative estimate of drug-likeness (QED) is 0.312. The number of rotatable bonds is 5. The number of hydrogen-bond acceptors (Lipinski definition) is 9. The first-order chi connectivity index (χ1) is 10.3. The number of Topliss-reactive ketones (excluding diaryl/α,β-unsaturated/α-hetero) is 1. The predicted molar refractivity (Wildman–Crippen MR) is 64.7 cm³/mol. The maximum absolute atomic E-state index is 11.5. The highest BCUT2D eigenvalue weighted by Gasteiger charge is 2.30. The van der Waals surface area contributed by atoms with Crippen LogP contribution in [0.4, 0.5) is 0 Å². The van der Waals surface area contributed by atoms with E-state index in [-0.39, 0.29) is 4.73 Å². The van der Waals surface area contributed by atoms with Gasteiger partial charge in [-0.15, -0.1) is 9.46 Å². The van der Waals surface area contributed by atoms with Gasteiger partial charge >= 0.3 is 11.8 Å². The molecule has 2 rings (SSSR count). The number of aromatic nitrogens is 2. The molecule has 5 N–H and O–H groups in total. The molecule has 11 nitrogen and oxygen atoms in total. The molecule has 0 saturated carbocycles. The van der Waals surface area contributed by atoms with Crippen molar-refractivity contribution < 1.29 is 44.8 Å². The van der Waals surface area contributed by atoms with Crippen molar-refractivity contribution in [3.8, 4) is 23.5 Å². The first-order valence-electron chi connectivity index (χ1n) is 5.62. The zero-order valence-electron chi connectivity index (χ0n) is 10.7. The third-order valence-electron chi connectivity index (χ3n) is 2.40. The summed E-state index contributed by atoms with van der Waals surface area (Å²) >= 11 is 0. The van der Waals surface area contributed by atoms with Gasteiger partial charge in [-0.1, -0.05) is 0 Å². The van der Waals surface area contributed by atoms with E-state index >= 15 is 0 Å². The lowest BCUT2D eigenvalue weighted by Crippen LogP contribution is -2.40. The lowest BCUT2D eigenvalue weighted by Gasteiger charge is -2.13. The maximum atomic E-state index is 11.5. The Morgan fingerprint density at radius 1 is 0.864 bits per heavy atom. The van der Waals surface area contributed by atoms with Crippen LogP contribution in [0.3, 0.4) is 0 Å². The number of aliphatic hydroxyl groups is 1. The van der Waals surface area contributed by atoms with E-state index in [2.05, 4.69) is 9.68 Å². The van der Waals surface area contributed by atoms with Crippen LogP contribution in [0.25, 0.3) is 0 Å². The summed E-state index contributed by atoms with van der Waals surface area (Å²) in [6, 6.07) is 3.97. The fourth-order valence-corrected chi connectivity index (χ4v) is 1.38. The summed E-state index contributed by atoms with van der Waals surface area (Å²) in [6.07, 6.45) is -2.42. The van der Waals surface area contributed by atoms with E-state index in [9.17, 15) is 35.1 Å². The molecule has 0 bridgehead atoms. The Hall–Kier alpha value is -3.34. The number of ketones is 1. The Kier molecular flexibility index (Phi) is 3.81. The van der Waals surface area contributed by atoms with Crippen molar-refractivity contribution in [1.82, 2.24) is 9.46 Å². The van der Waals surface area contributed by atoms with Crippen molar-refractivity contribution in [1.29, 1.82) is 0 Å². The van der Waals surface area contributed by atoms with Crippen molar-refractivity contribution in [3.05, 3.63) is 24.3 Å². The lowest BCUT2D eigenvalue weighted by atomic mass is 10.4. The summed E-state index contributed by atoms with van der Waals surface area (Å²) in [7, 11) is 0. The van der Waals surface area contributed by atoms with Gasteiger partial charge in [-0.3, -0.25) is 4.79 Å². The fraction of sp³-hybridized carbons (Fsp3) is 0.0909. The standard InChI is InChI=1S/C11H10N2O9/c14-5-1-2-6(15)12(5)21-10(19)9(18)11(20)22-13-7(16)3-4-8(13)17/h1-4,10,14-17,19H. The third kappa shape index (κ3) is 2.73. The minimum Gasteiger partial charge on any atom is -0.492 e. The van der Waals surface area contributed by atoms with Crippen LogP contribution in [0, 0.1) is 0 Å². The molecule has 0 fully saturated rings. The molecule has 0 aliphatic heterocycles. The summed E-state index contributed by atoms with van der Waals surface area (Å²) in [5.74, 6) is -5.93. The van der Waals surface area contributed by atoms with Gasteiger partial charge in [0.05, 0.1) is 0 Å². The average Bonchev–Trinajstić information content (AvgIpc) is 2.96. The first-order valence-corrected chi connectivity index (χ1v) is 5.62. The van der Waals surface area contributed by atoms with Crippen LogP contribution in [0.5, 0.6) is 23.5 Å². The molecular formula is C11H10N2O9. The van der Waals surface area contributed by atoms with Gasteiger partial charge in [0.25, 0.3) is 6.29 Å². The summed E-state index contributed by atoms with van der Waals surface area (Å²) in [5, 5.41) is 46.4. The van der Waals surface area contributed by atoms with Crippen LogP contribution < -0.4 is 9.68 Å². The van der Waals surface area contributed by atoms with Gasteiger partial charge in [0.15, 0.2) is 0 Å². The van der Waals surface area contributed by atoms with Gasteiger partial charge in [0.2, 0.25) is 23.5 Å². The molecule has 1 atom stereocenters. The Morgan fingerprint density at radius 3 is 1.73 bits per heavy atom. The summed E-state index contributed by atoms with van der Waals surface area (Å²) < 4.78 is 0.526. The van der Waals surface area contributed by atoms with Crippen LogP contribution in [0.15, 0.2) is 24.3 Å². The van der Waals surface area contributed by atoms with Crippen LogP contribution >= 0.6 is 0 Å². The number of carbonyl (C=O) groups is 2. The smallest absolute Gasteiger partial charge is 0.406 e. The second kappa shape index (κ2) is 5.57. The summed E-state index contributed by atoms with van der Waals surface area (Å²) in [4.78, 5) is 31.8. The fourth-order valence-electron chi connectivity index (χ4n) is 1.38. The molecule has 0 radical (unpaired) electrons. The normalized spacial score (nSPS) is 11.9. The Labute approximate surface area is 121 Å². The van der Waals surface area contributed by atoms with Gasteiger partial charge in [-0.25, -0.2) is 4.79 Å². The van der Waals surface area contributed by atoms with Crippen LogP contribution in [0.2, 0.25) is 0 Å². The SMILES string of the molecule is O=C(On1c(O)ccc1O)C(=O)C(O)On1c(O)ccc1O. The van der Waals surface area contributed by atoms with Gasteiger partial charge in [-0.05, 0) is 0 Å². The largest absolute Gasteiger partial charge is 0.492 e. The molecule has 2 heterocycles. The maximum Gasteiger partial charge on any atom is 0.406 e. The predicted octanol–water partition coefficient (Wildman–Crippen LogP) is -1.92. The summed E-state index contributed by atoms with van der Waals surface area (Å²) in [5.41, 5.74) is 0. The van der Waals surface area contributed by atoms with E-state index in [1.165, 1.54) is 0 Å². The highest BCUT2D eigenvalue weighted by molar-refractivity contribution is 6.35. The third-order valence-corrected chi connectivity index (χ3v) is 2.40. The number of aliphatic hydroxyl groups excluding tert-OH is 1. The highest BCUT2D eigenvalue weighted by Crippen LogP contribution is 2.20. The Bertz CT molecular complexity index is 678. The first kappa shape index (κ1) is 15.1. The molecule has 0 aliphatic carbocycles. The Morgan fingerprint density at radius 2 is 1.27 bits per heavy atom. The molecule has 0 saturated heterocycles. The van der Waals surface area contributed by atoms with E-state index in [0.29, 0.717) is 4.73 Å². The minimum absolute atomic E-state index is 0.234. The zero-order valence-corrected chi connectivity index (χ0v) is 10.7. The van der Waals surface area contributed by atoms with E-state index in [1.807, 2.05) is 0 Å². The molecule has 22 heavy (non-hydrogen) atoms. The van der Waals surface area contributed by atoms with E-state index < -0.39 is 41.6 Å². The van der Waals surface area contributed by atoms with Crippen LogP contribution in [0.1, 0.15) is 0 Å². The monoisotopic (exact) mass is 314 g/mol. The van der Waals surface area contributed by atoms with Gasteiger partial charge in [-0.2, -0.15) is 0 Å². The topological polar surface area (TPSA) is 164 Å². The molecule has 0 aromatic carbocycles. The lowest BCUT2D eigenvalue weighted by molar-refractivity contribution is -0.175. The molecule has 1 unspecified atom stereocenters. The van der Waals surface area contributed by atoms with E-state index in [0.717, 1.165) is 24.3 Å². The Balaban J connectivity index is 2.06. The number of aromatic hydroxyl groups is 4. The highest BCUT2D eigenvalue weighted by atomic mass is 16.8. The molecular weight excluding hydrogens is 304 g/mol. The number of nitrogens with zero attached hydrogens (tertiary/aromatic N) is 2. The van der Waals surface area contributed by atoms with Crippen LogP contribution in [-0.4, -0.2) is 53.0 Å². The van der Waals surface area contributed by atoms with Crippen molar-refractivity contribution >= 4 is 11.8 Å². The minimum atomic E-state index is -2.42. The van der Waals surface area contributed by atoms with Crippen LogP contribution in [-0.2, 0) is 9.59 Å². The molecule has 2 aromatic rings. The van der Waals surface area contributed by atoms with Crippen molar-refractivity contribution in [3.63, 3.8) is 0 Å². The molecule has 118 valence electrons. The van der Waals surface area contributed by atoms with Gasteiger partial charge in [0, 0.05) is 24.3 Å². The van der Waals surface area contributed by atoms with Gasteiger partial charge in [0.1, 0.15) is 0 Å². The van der Waals surface area contributed by atoms with Crippen molar-refractivity contribution in [2.45, 2.75) is 6.29 Å². The molecule has 0 aliphatic rings. The van der Waals surface area contributed by atoms with Crippen molar-refractivity contribution in [2.75, 3.05) is 0 Å². The number of hydrogen-bond donors (Lipinski definition) is 5. The molecule has 0 spiro atoms. The molecule has 0 amide bonds. The second-order valence-electron chi connectivity index (χ2n) is 3.89. The zero-order chi connectivity index (χ0) is 16.4. The molecule has 11 heteroatoms. The van der Waals surface area contributed by atoms with Gasteiger partial charge < -0.3 is 35.2 Å². The van der Waals surface area contributed by atoms with Crippen molar-refractivity contribution in [2.24, 2.45) is 0 Å². The number of carbonyl (C=O) groups excluding carboxylic acids is 2. The second-order valence-corrected chi connectivity index (χ2v) is 3.89. The van der Waals surface area contributed by atoms with E-state index in [1.54, 1.807) is 0 Å².